The molecule has 0 saturated heterocycles. The first-order valence-electron chi connectivity index (χ1n) is 7.24. The molecular weight excluding hydrogens is 267 g/mol. The first kappa shape index (κ1) is 15.2. The molecule has 0 spiro atoms. The number of nitrogens with one attached hydrogen (secondary N) is 2. The van der Waals surface area contributed by atoms with Gasteiger partial charge < -0.3 is 10.6 Å². The van der Waals surface area contributed by atoms with Gasteiger partial charge in [-0.1, -0.05) is 13.0 Å². The Morgan fingerprint density at radius 3 is 2.43 bits per heavy atom. The van der Waals surface area contributed by atoms with Crippen LogP contribution in [0.5, 0.6) is 0 Å². The fourth-order valence-electron chi connectivity index (χ4n) is 2.07. The largest absolute Gasteiger partial charge is 0.370 e. The minimum Gasteiger partial charge on any atom is -0.370 e. The number of rotatable bonds is 7. The number of aromatic nitrogens is 2. The van der Waals surface area contributed by atoms with Crippen molar-refractivity contribution < 1.29 is 4.39 Å². The van der Waals surface area contributed by atoms with E-state index in [-0.39, 0.29) is 5.82 Å². The molecule has 0 saturated carbocycles. The Morgan fingerprint density at radius 2 is 1.76 bits per heavy atom. The van der Waals surface area contributed by atoms with Crippen molar-refractivity contribution in [2.24, 2.45) is 0 Å². The Bertz CT molecular complexity index is 586. The van der Waals surface area contributed by atoms with E-state index >= 15 is 0 Å². The van der Waals surface area contributed by atoms with E-state index in [1.54, 1.807) is 12.4 Å². The molecule has 1 aromatic carbocycles. The molecule has 1 aromatic heterocycles. The number of nitrogens with zero attached hydrogens (tertiary/aromatic N) is 2. The van der Waals surface area contributed by atoms with Crippen LogP contribution < -0.4 is 10.6 Å². The second-order valence-electron chi connectivity index (χ2n) is 4.96. The zero-order valence-corrected chi connectivity index (χ0v) is 12.5. The molecule has 4 nitrogen and oxygen atoms in total. The lowest BCUT2D eigenvalue weighted by molar-refractivity contribution is 0.625. The van der Waals surface area contributed by atoms with Gasteiger partial charge in [-0.05, 0) is 43.0 Å². The Labute approximate surface area is 124 Å². The average Bonchev–Trinajstić information content (AvgIpc) is 2.48. The number of hydrogen-bond acceptors (Lipinski definition) is 4. The summed E-state index contributed by atoms with van der Waals surface area (Å²) in [7, 11) is 0. The van der Waals surface area contributed by atoms with Gasteiger partial charge >= 0.3 is 0 Å². The zero-order chi connectivity index (χ0) is 15.1. The van der Waals surface area contributed by atoms with Gasteiger partial charge in [0.1, 0.15) is 23.8 Å². The quantitative estimate of drug-likeness (QED) is 0.820. The number of halogens is 1. The summed E-state index contributed by atoms with van der Waals surface area (Å²) in [5, 5.41) is 6.49. The molecule has 0 amide bonds. The van der Waals surface area contributed by atoms with Gasteiger partial charge in [0.05, 0.1) is 0 Å². The molecule has 2 N–H and O–H groups in total. The molecule has 0 unspecified atom stereocenters. The van der Waals surface area contributed by atoms with Gasteiger partial charge in [0.2, 0.25) is 0 Å². The molecule has 0 aliphatic rings. The lowest BCUT2D eigenvalue weighted by Crippen LogP contribution is -2.09. The first-order chi connectivity index (χ1) is 10.2. The molecule has 0 aliphatic heterocycles. The minimum absolute atomic E-state index is 0.188. The Kier molecular flexibility index (Phi) is 5.49. The Balaban J connectivity index is 1.88. The number of anilines is 2. The Morgan fingerprint density at radius 1 is 1.05 bits per heavy atom. The molecule has 21 heavy (non-hydrogen) atoms. The van der Waals surface area contributed by atoms with Gasteiger partial charge in [-0.3, -0.25) is 0 Å². The van der Waals surface area contributed by atoms with Crippen LogP contribution in [0, 0.1) is 12.7 Å². The lowest BCUT2D eigenvalue weighted by atomic mass is 10.1. The van der Waals surface area contributed by atoms with Gasteiger partial charge in [0, 0.05) is 19.2 Å². The van der Waals surface area contributed by atoms with Gasteiger partial charge in [-0.2, -0.15) is 0 Å². The molecule has 2 aromatic rings. The molecule has 5 heteroatoms. The summed E-state index contributed by atoms with van der Waals surface area (Å²) in [5.41, 5.74) is 2.12. The SMILES string of the molecule is CCCNc1cc(NCCc2ccc(F)cc2C)ncn1. The zero-order valence-electron chi connectivity index (χ0n) is 12.5. The van der Waals surface area contributed by atoms with Crippen LogP contribution in [0.2, 0.25) is 0 Å². The van der Waals surface area contributed by atoms with Crippen molar-refractivity contribution in [3.05, 3.63) is 47.5 Å². The third kappa shape index (κ3) is 4.70. The van der Waals surface area contributed by atoms with Crippen molar-refractivity contribution in [1.82, 2.24) is 9.97 Å². The van der Waals surface area contributed by atoms with E-state index in [2.05, 4.69) is 27.5 Å². The van der Waals surface area contributed by atoms with Gasteiger partial charge in [0.25, 0.3) is 0 Å². The molecule has 0 aliphatic carbocycles. The number of benzene rings is 1. The monoisotopic (exact) mass is 288 g/mol. The summed E-state index contributed by atoms with van der Waals surface area (Å²) in [6.45, 7) is 5.68. The van der Waals surface area contributed by atoms with E-state index in [0.717, 1.165) is 48.7 Å². The highest BCUT2D eigenvalue weighted by Crippen LogP contribution is 2.12. The highest BCUT2D eigenvalue weighted by Gasteiger charge is 2.01. The fraction of sp³-hybridized carbons (Fsp3) is 0.375. The molecule has 0 fully saturated rings. The van der Waals surface area contributed by atoms with Crippen molar-refractivity contribution in [3.63, 3.8) is 0 Å². The molecular formula is C16H21FN4. The first-order valence-corrected chi connectivity index (χ1v) is 7.24. The second kappa shape index (κ2) is 7.57. The predicted molar refractivity (Wildman–Crippen MR) is 84.1 cm³/mol. The maximum Gasteiger partial charge on any atom is 0.131 e. The molecule has 1 heterocycles. The molecule has 0 atom stereocenters. The highest BCUT2D eigenvalue weighted by atomic mass is 19.1. The summed E-state index contributed by atoms with van der Waals surface area (Å²) in [5.74, 6) is 1.43. The summed E-state index contributed by atoms with van der Waals surface area (Å²) < 4.78 is 13.0. The summed E-state index contributed by atoms with van der Waals surface area (Å²) >= 11 is 0. The molecule has 2 rings (SSSR count). The summed E-state index contributed by atoms with van der Waals surface area (Å²) in [6, 6.07) is 6.79. The standard InChI is InChI=1S/C16H21FN4/c1-3-7-18-15-10-16(21-11-20-15)19-8-6-13-4-5-14(17)9-12(13)2/h4-5,9-11H,3,6-8H2,1-2H3,(H2,18,19,20,21). The summed E-state index contributed by atoms with van der Waals surface area (Å²) in [4.78, 5) is 8.36. The van der Waals surface area contributed by atoms with Crippen LogP contribution in [0.25, 0.3) is 0 Å². The van der Waals surface area contributed by atoms with E-state index in [9.17, 15) is 4.39 Å². The van der Waals surface area contributed by atoms with Crippen LogP contribution >= 0.6 is 0 Å². The van der Waals surface area contributed by atoms with Crippen molar-refractivity contribution in [3.8, 4) is 0 Å². The smallest absolute Gasteiger partial charge is 0.131 e. The van der Waals surface area contributed by atoms with Gasteiger partial charge in [-0.15, -0.1) is 0 Å². The van der Waals surface area contributed by atoms with E-state index in [1.807, 2.05) is 19.1 Å². The average molecular weight is 288 g/mol. The third-order valence-electron chi connectivity index (χ3n) is 3.23. The summed E-state index contributed by atoms with van der Waals surface area (Å²) in [6.07, 6.45) is 3.42. The normalized spacial score (nSPS) is 10.4. The van der Waals surface area contributed by atoms with Crippen molar-refractivity contribution >= 4 is 11.6 Å². The van der Waals surface area contributed by atoms with E-state index in [0.29, 0.717) is 0 Å². The van der Waals surface area contributed by atoms with Gasteiger partial charge in [0.15, 0.2) is 0 Å². The maximum atomic E-state index is 13.0. The second-order valence-corrected chi connectivity index (χ2v) is 4.96. The maximum absolute atomic E-state index is 13.0. The minimum atomic E-state index is -0.188. The Hall–Kier alpha value is -2.17. The fourth-order valence-corrected chi connectivity index (χ4v) is 2.07. The molecule has 0 bridgehead atoms. The van der Waals surface area contributed by atoms with E-state index in [4.69, 9.17) is 0 Å². The number of hydrogen-bond donors (Lipinski definition) is 2. The predicted octanol–water partition coefficient (Wildman–Crippen LogP) is 3.40. The van der Waals surface area contributed by atoms with Crippen LogP contribution in [-0.4, -0.2) is 23.1 Å². The van der Waals surface area contributed by atoms with Crippen LogP contribution in [0.4, 0.5) is 16.0 Å². The molecule has 0 radical (unpaired) electrons. The third-order valence-corrected chi connectivity index (χ3v) is 3.23. The van der Waals surface area contributed by atoms with Gasteiger partial charge in [-0.25, -0.2) is 14.4 Å². The topological polar surface area (TPSA) is 49.8 Å². The number of aryl methyl sites for hydroxylation is 1. The van der Waals surface area contributed by atoms with Crippen molar-refractivity contribution in [1.29, 1.82) is 0 Å². The van der Waals surface area contributed by atoms with Crippen LogP contribution in [0.1, 0.15) is 24.5 Å². The molecule has 112 valence electrons. The van der Waals surface area contributed by atoms with Crippen molar-refractivity contribution in [2.75, 3.05) is 23.7 Å². The lowest BCUT2D eigenvalue weighted by Gasteiger charge is -2.09. The highest BCUT2D eigenvalue weighted by molar-refractivity contribution is 5.46. The van der Waals surface area contributed by atoms with Crippen LogP contribution in [-0.2, 0) is 6.42 Å². The van der Waals surface area contributed by atoms with Crippen LogP contribution in [0.15, 0.2) is 30.6 Å². The van der Waals surface area contributed by atoms with Crippen molar-refractivity contribution in [2.45, 2.75) is 26.7 Å². The van der Waals surface area contributed by atoms with E-state index < -0.39 is 0 Å². The van der Waals surface area contributed by atoms with Crippen LogP contribution in [0.3, 0.4) is 0 Å². The van der Waals surface area contributed by atoms with E-state index in [1.165, 1.54) is 6.07 Å².